The first-order valence-corrected chi connectivity index (χ1v) is 8.71. The van der Waals surface area contributed by atoms with Crippen LogP contribution in [0.5, 0.6) is 0 Å². The Morgan fingerprint density at radius 2 is 2.00 bits per heavy atom. The number of benzene rings is 1. The average Bonchev–Trinajstić information content (AvgIpc) is 2.97. The van der Waals surface area contributed by atoms with Crippen LogP contribution >= 0.6 is 11.8 Å². The van der Waals surface area contributed by atoms with Crippen molar-refractivity contribution in [3.05, 3.63) is 29.3 Å². The van der Waals surface area contributed by atoms with Gasteiger partial charge in [0.05, 0.1) is 22.9 Å². The minimum Gasteiger partial charge on any atom is -0.244 e. The molecular formula is C16H14F6N4S. The summed E-state index contributed by atoms with van der Waals surface area (Å²) >= 11 is 1.09. The van der Waals surface area contributed by atoms with Gasteiger partial charge in [-0.05, 0) is 30.9 Å². The van der Waals surface area contributed by atoms with Crippen molar-refractivity contribution in [3.63, 3.8) is 0 Å². The highest BCUT2D eigenvalue weighted by Crippen LogP contribution is 2.41. The van der Waals surface area contributed by atoms with Gasteiger partial charge < -0.3 is 0 Å². The smallest absolute Gasteiger partial charge is 0.244 e. The molecule has 1 aliphatic heterocycles. The fourth-order valence-corrected chi connectivity index (χ4v) is 3.34. The number of aliphatic imine (C=N–C) groups is 1. The molecule has 0 N–H and O–H groups in total. The summed E-state index contributed by atoms with van der Waals surface area (Å²) in [5.41, 5.74) is -3.22. The fourth-order valence-electron chi connectivity index (χ4n) is 2.46. The van der Waals surface area contributed by atoms with E-state index in [1.165, 1.54) is 19.1 Å². The molecule has 4 nitrogen and oxygen atoms in total. The van der Waals surface area contributed by atoms with Crippen molar-refractivity contribution in [1.82, 2.24) is 0 Å². The van der Waals surface area contributed by atoms with Crippen LogP contribution in [0.25, 0.3) is 0 Å². The maximum Gasteiger partial charge on any atom is 0.417 e. The van der Waals surface area contributed by atoms with Crippen molar-refractivity contribution in [2.24, 2.45) is 15.2 Å². The topological polar surface area (TPSA) is 60.9 Å². The molecule has 1 aromatic carbocycles. The van der Waals surface area contributed by atoms with Crippen LogP contribution in [-0.4, -0.2) is 28.6 Å². The molecule has 0 spiro atoms. The highest BCUT2D eigenvalue weighted by molar-refractivity contribution is 8.14. The average molecular weight is 408 g/mol. The summed E-state index contributed by atoms with van der Waals surface area (Å²) in [6.45, 7) is 3.15. The number of halogens is 6. The van der Waals surface area contributed by atoms with Gasteiger partial charge in [0.25, 0.3) is 0 Å². The van der Waals surface area contributed by atoms with E-state index in [0.717, 1.165) is 17.8 Å². The molecule has 0 saturated heterocycles. The first-order chi connectivity index (χ1) is 12.4. The van der Waals surface area contributed by atoms with Gasteiger partial charge in [-0.25, -0.2) is 4.99 Å². The van der Waals surface area contributed by atoms with E-state index in [2.05, 4.69) is 15.2 Å². The number of thioether (sulfide) groups is 1. The van der Waals surface area contributed by atoms with E-state index in [1.807, 2.05) is 0 Å². The number of hydrogen-bond acceptors (Lipinski definition) is 5. The Kier molecular flexibility index (Phi) is 5.89. The van der Waals surface area contributed by atoms with Crippen LogP contribution in [0.15, 0.2) is 33.4 Å². The molecule has 0 amide bonds. The Bertz CT molecular complexity index is 809. The van der Waals surface area contributed by atoms with Crippen LogP contribution in [-0.2, 0) is 6.18 Å². The van der Waals surface area contributed by atoms with Crippen LogP contribution < -0.4 is 0 Å². The molecular weight excluding hydrogens is 394 g/mol. The lowest BCUT2D eigenvalue weighted by molar-refractivity contribution is -0.147. The zero-order valence-electron chi connectivity index (χ0n) is 14.2. The molecule has 0 radical (unpaired) electrons. The van der Waals surface area contributed by atoms with Crippen molar-refractivity contribution in [2.45, 2.75) is 44.2 Å². The minimum absolute atomic E-state index is 0.121. The van der Waals surface area contributed by atoms with Gasteiger partial charge in [0, 0.05) is 6.42 Å². The van der Waals surface area contributed by atoms with Crippen molar-refractivity contribution in [1.29, 1.82) is 5.26 Å². The second kappa shape index (κ2) is 7.50. The van der Waals surface area contributed by atoms with Gasteiger partial charge >= 0.3 is 12.4 Å². The van der Waals surface area contributed by atoms with Gasteiger partial charge in [-0.1, -0.05) is 6.92 Å². The Balaban J connectivity index is 2.45. The SMILES string of the molecule is CCSC(=Nc1ccc(C#N)c(C(F)(F)F)c1)[C@@]1(C)CC(C(F)(F)F)N=N1. The zero-order valence-corrected chi connectivity index (χ0v) is 15.0. The number of hydrogen-bond donors (Lipinski definition) is 0. The van der Waals surface area contributed by atoms with Gasteiger partial charge in [-0.15, -0.1) is 11.8 Å². The van der Waals surface area contributed by atoms with Gasteiger partial charge in [0.2, 0.25) is 0 Å². The second-order valence-electron chi connectivity index (χ2n) is 5.94. The van der Waals surface area contributed by atoms with Crippen LogP contribution in [0.4, 0.5) is 32.0 Å². The predicted molar refractivity (Wildman–Crippen MR) is 89.1 cm³/mol. The first-order valence-electron chi connectivity index (χ1n) is 7.72. The van der Waals surface area contributed by atoms with E-state index in [1.54, 1.807) is 6.92 Å². The van der Waals surface area contributed by atoms with E-state index in [0.29, 0.717) is 11.8 Å². The highest BCUT2D eigenvalue weighted by Gasteiger charge is 2.50. The standard InChI is InChI=1S/C16H14F6N4S/c1-3-27-13(14(2)7-12(25-26-14)16(20,21)22)24-10-5-4-9(8-23)11(6-10)15(17,18)19/h4-6,12H,3,7H2,1-2H3/t12?,14-/m1/s1. The Morgan fingerprint density at radius 1 is 1.33 bits per heavy atom. The van der Waals surface area contributed by atoms with E-state index < -0.39 is 41.5 Å². The van der Waals surface area contributed by atoms with Crippen molar-refractivity contribution >= 4 is 22.5 Å². The summed E-state index contributed by atoms with van der Waals surface area (Å²) in [4.78, 5) is 4.12. The number of azo groups is 1. The third-order valence-electron chi connectivity index (χ3n) is 3.79. The number of alkyl halides is 6. The molecule has 1 unspecified atom stereocenters. The second-order valence-corrected chi connectivity index (χ2v) is 7.19. The van der Waals surface area contributed by atoms with Crippen LogP contribution in [0.2, 0.25) is 0 Å². The molecule has 146 valence electrons. The van der Waals surface area contributed by atoms with E-state index in [9.17, 15) is 26.3 Å². The van der Waals surface area contributed by atoms with E-state index in [-0.39, 0.29) is 10.7 Å². The van der Waals surface area contributed by atoms with Gasteiger partial charge in [0.1, 0.15) is 10.6 Å². The van der Waals surface area contributed by atoms with Crippen molar-refractivity contribution in [3.8, 4) is 6.07 Å². The number of nitrogens with zero attached hydrogens (tertiary/aromatic N) is 4. The van der Waals surface area contributed by atoms with Crippen LogP contribution in [0.1, 0.15) is 31.4 Å². The number of rotatable bonds is 3. The fraction of sp³-hybridized carbons (Fsp3) is 0.500. The maximum absolute atomic E-state index is 13.1. The third kappa shape index (κ3) is 4.80. The normalized spacial score (nSPS) is 23.5. The van der Waals surface area contributed by atoms with Crippen molar-refractivity contribution in [2.75, 3.05) is 5.75 Å². The first kappa shape index (κ1) is 21.2. The van der Waals surface area contributed by atoms with Gasteiger partial charge in [0.15, 0.2) is 6.04 Å². The molecule has 11 heteroatoms. The predicted octanol–water partition coefficient (Wildman–Crippen LogP) is 5.91. The Morgan fingerprint density at radius 3 is 2.48 bits per heavy atom. The molecule has 0 aromatic heterocycles. The number of nitriles is 1. The molecule has 1 heterocycles. The maximum atomic E-state index is 13.1. The molecule has 0 fully saturated rings. The Hall–Kier alpha value is -2.09. The molecule has 1 aromatic rings. The summed E-state index contributed by atoms with van der Waals surface area (Å²) in [5.74, 6) is 0.434. The summed E-state index contributed by atoms with van der Waals surface area (Å²) in [7, 11) is 0. The van der Waals surface area contributed by atoms with Crippen molar-refractivity contribution < 1.29 is 26.3 Å². The molecule has 1 aliphatic rings. The van der Waals surface area contributed by atoms with Crippen LogP contribution in [0, 0.1) is 11.3 Å². The molecule has 0 saturated carbocycles. The molecule has 27 heavy (non-hydrogen) atoms. The summed E-state index contributed by atoms with van der Waals surface area (Å²) in [5, 5.41) is 16.0. The summed E-state index contributed by atoms with van der Waals surface area (Å²) < 4.78 is 78.0. The monoisotopic (exact) mass is 408 g/mol. The third-order valence-corrected chi connectivity index (χ3v) is 4.88. The quantitative estimate of drug-likeness (QED) is 0.355. The molecule has 2 atom stereocenters. The molecule has 0 aliphatic carbocycles. The van der Waals surface area contributed by atoms with Gasteiger partial charge in [-0.3, -0.25) is 0 Å². The van der Waals surface area contributed by atoms with Gasteiger partial charge in [-0.2, -0.15) is 41.8 Å². The summed E-state index contributed by atoms with van der Waals surface area (Å²) in [6, 6.07) is 2.37. The largest absolute Gasteiger partial charge is 0.417 e. The lowest BCUT2D eigenvalue weighted by Crippen LogP contribution is -2.35. The van der Waals surface area contributed by atoms with E-state index >= 15 is 0 Å². The Labute approximate surface area is 155 Å². The summed E-state index contributed by atoms with van der Waals surface area (Å²) in [6.07, 6.45) is -9.78. The lowest BCUT2D eigenvalue weighted by atomic mass is 9.96. The van der Waals surface area contributed by atoms with Crippen LogP contribution in [0.3, 0.4) is 0 Å². The molecule has 0 bridgehead atoms. The molecule has 2 rings (SSSR count). The zero-order chi connectivity index (χ0) is 20.5. The lowest BCUT2D eigenvalue weighted by Gasteiger charge is -2.22. The highest BCUT2D eigenvalue weighted by atomic mass is 32.2. The minimum atomic E-state index is -4.76. The van der Waals surface area contributed by atoms with E-state index in [4.69, 9.17) is 5.26 Å².